The van der Waals surface area contributed by atoms with Crippen LogP contribution in [0.3, 0.4) is 0 Å². The Morgan fingerprint density at radius 1 is 1.00 bits per heavy atom. The highest BCUT2D eigenvalue weighted by Gasteiger charge is 2.12. The predicted molar refractivity (Wildman–Crippen MR) is 107 cm³/mol. The van der Waals surface area contributed by atoms with Gasteiger partial charge in [-0.05, 0) is 54.3 Å². The Hall–Kier alpha value is -3.06. The quantitative estimate of drug-likeness (QED) is 0.199. The van der Waals surface area contributed by atoms with Crippen LogP contribution < -0.4 is 9.47 Å². The highest BCUT2D eigenvalue weighted by Crippen LogP contribution is 2.18. The standard InChI is InChI=1S/C23H25NO3/c1-3-5-15-26-21-11-9-19(10-12-21)16-20(17-24)23(25)27-22-13-7-18(6-4-2)8-14-22/h7-14,16H,3-6,15H2,1-2H3/b20-16+. The van der Waals surface area contributed by atoms with Crippen molar-refractivity contribution in [3.63, 3.8) is 0 Å². The van der Waals surface area contributed by atoms with Gasteiger partial charge in [-0.1, -0.05) is 51.0 Å². The number of hydrogen-bond acceptors (Lipinski definition) is 4. The lowest BCUT2D eigenvalue weighted by atomic mass is 10.1. The number of carbonyl (C=O) groups is 1. The van der Waals surface area contributed by atoms with Crippen molar-refractivity contribution in [1.29, 1.82) is 5.26 Å². The Morgan fingerprint density at radius 2 is 1.67 bits per heavy atom. The first-order valence-electron chi connectivity index (χ1n) is 9.32. The number of rotatable bonds is 9. The number of nitriles is 1. The number of esters is 1. The molecule has 4 nitrogen and oxygen atoms in total. The van der Waals surface area contributed by atoms with E-state index in [1.165, 1.54) is 11.6 Å². The number of benzene rings is 2. The average molecular weight is 363 g/mol. The maximum Gasteiger partial charge on any atom is 0.354 e. The highest BCUT2D eigenvalue weighted by atomic mass is 16.5. The Morgan fingerprint density at radius 3 is 2.26 bits per heavy atom. The summed E-state index contributed by atoms with van der Waals surface area (Å²) in [6, 6.07) is 16.6. The molecule has 0 aliphatic carbocycles. The topological polar surface area (TPSA) is 59.3 Å². The molecule has 2 rings (SSSR count). The van der Waals surface area contributed by atoms with Crippen molar-refractivity contribution in [2.75, 3.05) is 6.61 Å². The number of ether oxygens (including phenoxy) is 2. The molecule has 0 amide bonds. The van der Waals surface area contributed by atoms with Crippen LogP contribution in [0.15, 0.2) is 54.1 Å². The zero-order chi connectivity index (χ0) is 19.5. The van der Waals surface area contributed by atoms with E-state index in [0.29, 0.717) is 12.4 Å². The largest absolute Gasteiger partial charge is 0.494 e. The summed E-state index contributed by atoms with van der Waals surface area (Å²) in [6.07, 6.45) is 5.64. The lowest BCUT2D eigenvalue weighted by Gasteiger charge is -2.06. The zero-order valence-electron chi connectivity index (χ0n) is 15.9. The minimum Gasteiger partial charge on any atom is -0.494 e. The van der Waals surface area contributed by atoms with Gasteiger partial charge >= 0.3 is 5.97 Å². The van der Waals surface area contributed by atoms with Gasteiger partial charge in [-0.25, -0.2) is 4.79 Å². The molecule has 0 aliphatic heterocycles. The fraction of sp³-hybridized carbons (Fsp3) is 0.304. The first kappa shape index (κ1) is 20.3. The molecule has 2 aromatic carbocycles. The van der Waals surface area contributed by atoms with Crippen LogP contribution in [-0.2, 0) is 11.2 Å². The van der Waals surface area contributed by atoms with Gasteiger partial charge in [0.1, 0.15) is 23.1 Å². The maximum absolute atomic E-state index is 12.3. The first-order chi connectivity index (χ1) is 13.2. The van der Waals surface area contributed by atoms with Crippen LogP contribution in [-0.4, -0.2) is 12.6 Å². The normalized spacial score (nSPS) is 10.9. The van der Waals surface area contributed by atoms with Gasteiger partial charge in [0.25, 0.3) is 0 Å². The third kappa shape index (κ3) is 6.63. The van der Waals surface area contributed by atoms with E-state index in [2.05, 4.69) is 13.8 Å². The molecule has 0 saturated heterocycles. The Kier molecular flexibility index (Phi) is 8.12. The molecule has 0 unspecified atom stereocenters. The molecule has 0 radical (unpaired) electrons. The van der Waals surface area contributed by atoms with Gasteiger partial charge in [0.05, 0.1) is 6.61 Å². The Labute approximate surface area is 161 Å². The summed E-state index contributed by atoms with van der Waals surface area (Å²) in [5, 5.41) is 9.30. The van der Waals surface area contributed by atoms with Crippen LogP contribution in [0.4, 0.5) is 0 Å². The van der Waals surface area contributed by atoms with Crippen LogP contribution >= 0.6 is 0 Å². The van der Waals surface area contributed by atoms with Crippen molar-refractivity contribution < 1.29 is 14.3 Å². The summed E-state index contributed by atoms with van der Waals surface area (Å²) in [5.41, 5.74) is 1.88. The van der Waals surface area contributed by atoms with Gasteiger partial charge in [-0.15, -0.1) is 0 Å². The van der Waals surface area contributed by atoms with Gasteiger partial charge in [-0.3, -0.25) is 0 Å². The SMILES string of the molecule is CCCCOc1ccc(/C=C(\C#N)C(=O)Oc2ccc(CCC)cc2)cc1. The molecule has 4 heteroatoms. The minimum atomic E-state index is -0.663. The molecule has 0 spiro atoms. The molecule has 0 saturated carbocycles. The predicted octanol–water partition coefficient (Wildman–Crippen LogP) is 5.33. The summed E-state index contributed by atoms with van der Waals surface area (Å²) in [6.45, 7) is 4.90. The molecule has 0 fully saturated rings. The van der Waals surface area contributed by atoms with Crippen molar-refractivity contribution in [3.8, 4) is 17.6 Å². The summed E-state index contributed by atoms with van der Waals surface area (Å²) < 4.78 is 10.9. The second-order valence-electron chi connectivity index (χ2n) is 6.22. The van der Waals surface area contributed by atoms with Crippen molar-refractivity contribution in [3.05, 3.63) is 65.2 Å². The third-order valence-electron chi connectivity index (χ3n) is 3.97. The van der Waals surface area contributed by atoms with E-state index >= 15 is 0 Å². The van der Waals surface area contributed by atoms with E-state index < -0.39 is 5.97 Å². The smallest absolute Gasteiger partial charge is 0.354 e. The summed E-state index contributed by atoms with van der Waals surface area (Å²) in [4.78, 5) is 12.3. The fourth-order valence-electron chi connectivity index (χ4n) is 2.47. The second-order valence-corrected chi connectivity index (χ2v) is 6.22. The van der Waals surface area contributed by atoms with E-state index in [-0.39, 0.29) is 5.57 Å². The zero-order valence-corrected chi connectivity index (χ0v) is 15.9. The molecule has 140 valence electrons. The van der Waals surface area contributed by atoms with Crippen molar-refractivity contribution in [2.24, 2.45) is 0 Å². The van der Waals surface area contributed by atoms with E-state index in [1.54, 1.807) is 12.1 Å². The lowest BCUT2D eigenvalue weighted by molar-refractivity contribution is -0.129. The fourth-order valence-corrected chi connectivity index (χ4v) is 2.47. The van der Waals surface area contributed by atoms with Gasteiger partial charge in [0.15, 0.2) is 0 Å². The summed E-state index contributed by atoms with van der Waals surface area (Å²) in [7, 11) is 0. The lowest BCUT2D eigenvalue weighted by Crippen LogP contribution is -2.10. The monoisotopic (exact) mass is 363 g/mol. The first-order valence-corrected chi connectivity index (χ1v) is 9.32. The van der Waals surface area contributed by atoms with Gasteiger partial charge < -0.3 is 9.47 Å². The maximum atomic E-state index is 12.3. The van der Waals surface area contributed by atoms with Gasteiger partial charge in [0.2, 0.25) is 0 Å². The molecule has 0 aromatic heterocycles. The van der Waals surface area contributed by atoms with E-state index in [1.807, 2.05) is 42.5 Å². The molecule has 0 N–H and O–H groups in total. The van der Waals surface area contributed by atoms with E-state index in [9.17, 15) is 10.1 Å². The third-order valence-corrected chi connectivity index (χ3v) is 3.97. The van der Waals surface area contributed by atoms with Crippen molar-refractivity contribution in [1.82, 2.24) is 0 Å². The molecule has 2 aromatic rings. The van der Waals surface area contributed by atoms with Crippen LogP contribution in [0.25, 0.3) is 6.08 Å². The van der Waals surface area contributed by atoms with E-state index in [0.717, 1.165) is 37.0 Å². The van der Waals surface area contributed by atoms with Crippen molar-refractivity contribution >= 4 is 12.0 Å². The molecule has 27 heavy (non-hydrogen) atoms. The number of nitrogens with zero attached hydrogens (tertiary/aromatic N) is 1. The van der Waals surface area contributed by atoms with Crippen LogP contribution in [0, 0.1) is 11.3 Å². The van der Waals surface area contributed by atoms with Crippen LogP contribution in [0.2, 0.25) is 0 Å². The Balaban J connectivity index is 2.01. The molecular weight excluding hydrogens is 338 g/mol. The summed E-state index contributed by atoms with van der Waals surface area (Å²) in [5.74, 6) is 0.540. The molecular formula is C23H25NO3. The van der Waals surface area contributed by atoms with Gasteiger partial charge in [-0.2, -0.15) is 5.26 Å². The average Bonchev–Trinajstić information content (AvgIpc) is 2.69. The molecule has 0 bridgehead atoms. The number of carbonyl (C=O) groups excluding carboxylic acids is 1. The number of hydrogen-bond donors (Lipinski definition) is 0. The summed E-state index contributed by atoms with van der Waals surface area (Å²) >= 11 is 0. The van der Waals surface area contributed by atoms with E-state index in [4.69, 9.17) is 9.47 Å². The van der Waals surface area contributed by atoms with Crippen molar-refractivity contribution in [2.45, 2.75) is 39.5 Å². The van der Waals surface area contributed by atoms with Crippen LogP contribution in [0.1, 0.15) is 44.2 Å². The molecule has 0 atom stereocenters. The highest BCUT2D eigenvalue weighted by molar-refractivity contribution is 5.99. The Bertz CT molecular complexity index is 799. The van der Waals surface area contributed by atoms with Gasteiger partial charge in [0, 0.05) is 0 Å². The second kappa shape index (κ2) is 10.8. The van der Waals surface area contributed by atoms with Crippen LogP contribution in [0.5, 0.6) is 11.5 Å². The minimum absolute atomic E-state index is 0.0488. The molecule has 0 heterocycles. The number of unbranched alkanes of at least 4 members (excludes halogenated alkanes) is 1. The molecule has 0 aliphatic rings. The number of aryl methyl sites for hydroxylation is 1.